The van der Waals surface area contributed by atoms with E-state index in [1.807, 2.05) is 24.3 Å². The zero-order valence-electron chi connectivity index (χ0n) is 6.97. The van der Waals surface area contributed by atoms with Crippen LogP contribution in [0.5, 0.6) is 0 Å². The fraction of sp³-hybridized carbons (Fsp3) is 0.222. The van der Waals surface area contributed by atoms with E-state index in [1.54, 1.807) is 0 Å². The topological polar surface area (TPSA) is 63.3 Å². The van der Waals surface area contributed by atoms with E-state index in [9.17, 15) is 4.79 Å². The Bertz CT molecular complexity index is 314. The first kappa shape index (κ1) is 10.1. The monoisotopic (exact) mass is 197 g/mol. The molecule has 1 aromatic rings. The number of benzene rings is 1. The average molecular weight is 197 g/mol. The Morgan fingerprint density at radius 1 is 1.54 bits per heavy atom. The Morgan fingerprint density at radius 3 is 2.69 bits per heavy atom. The third kappa shape index (κ3) is 2.75. The first-order valence-corrected chi connectivity index (χ1v) is 4.31. The second-order valence-corrected chi connectivity index (χ2v) is 3.26. The van der Waals surface area contributed by atoms with E-state index in [0.29, 0.717) is 6.42 Å². The predicted octanol–water partition coefficient (Wildman–Crippen LogP) is 0.930. The zero-order chi connectivity index (χ0) is 9.84. The zero-order valence-corrected chi connectivity index (χ0v) is 7.87. The summed E-state index contributed by atoms with van der Waals surface area (Å²) in [6.07, 6.45) is 0.314. The molecule has 0 amide bonds. The highest BCUT2D eigenvalue weighted by molar-refractivity contribution is 7.80. The lowest BCUT2D eigenvalue weighted by atomic mass is 10.1. The molecule has 0 fully saturated rings. The van der Waals surface area contributed by atoms with Crippen molar-refractivity contribution in [3.8, 4) is 0 Å². The number of aliphatic carboxylic acids is 1. The molecule has 4 heteroatoms. The van der Waals surface area contributed by atoms with Gasteiger partial charge in [-0.2, -0.15) is 0 Å². The smallest absolute Gasteiger partial charge is 0.320 e. The maximum Gasteiger partial charge on any atom is 0.320 e. The molecular formula is C9H11NO2S. The van der Waals surface area contributed by atoms with Crippen molar-refractivity contribution in [1.82, 2.24) is 0 Å². The second kappa shape index (κ2) is 4.30. The lowest BCUT2D eigenvalue weighted by Gasteiger charge is -2.07. The fourth-order valence-corrected chi connectivity index (χ4v) is 1.26. The summed E-state index contributed by atoms with van der Waals surface area (Å²) in [5, 5.41) is 8.58. The number of hydrogen-bond acceptors (Lipinski definition) is 3. The molecule has 0 spiro atoms. The highest BCUT2D eigenvalue weighted by Gasteiger charge is 2.12. The highest BCUT2D eigenvalue weighted by atomic mass is 32.1. The standard InChI is InChI=1S/C9H11NO2S/c10-7(9(11)12)5-6-3-1-2-4-8(6)13/h1-4,7,13H,5,10H2,(H,11,12)/t7-/m1/s1. The Hall–Kier alpha value is -1.00. The van der Waals surface area contributed by atoms with E-state index >= 15 is 0 Å². The van der Waals surface area contributed by atoms with Gasteiger partial charge in [0.2, 0.25) is 0 Å². The molecule has 13 heavy (non-hydrogen) atoms. The third-order valence-corrected chi connectivity index (χ3v) is 2.18. The molecule has 3 N–H and O–H groups in total. The molecule has 0 saturated heterocycles. The van der Waals surface area contributed by atoms with Gasteiger partial charge < -0.3 is 10.8 Å². The van der Waals surface area contributed by atoms with Gasteiger partial charge in [-0.05, 0) is 18.1 Å². The van der Waals surface area contributed by atoms with Crippen molar-refractivity contribution < 1.29 is 9.90 Å². The van der Waals surface area contributed by atoms with Crippen LogP contribution >= 0.6 is 12.6 Å². The van der Waals surface area contributed by atoms with Crippen LogP contribution in [0, 0.1) is 0 Å². The van der Waals surface area contributed by atoms with Gasteiger partial charge in [0.25, 0.3) is 0 Å². The van der Waals surface area contributed by atoms with Gasteiger partial charge in [0.05, 0.1) is 0 Å². The Labute approximate surface area is 82.0 Å². The molecule has 70 valence electrons. The summed E-state index contributed by atoms with van der Waals surface area (Å²) in [4.78, 5) is 11.2. The van der Waals surface area contributed by atoms with Crippen molar-refractivity contribution in [3.05, 3.63) is 29.8 Å². The molecule has 0 radical (unpaired) electrons. The fourth-order valence-electron chi connectivity index (χ4n) is 1.01. The van der Waals surface area contributed by atoms with E-state index in [4.69, 9.17) is 10.8 Å². The first-order valence-electron chi connectivity index (χ1n) is 3.86. The molecule has 3 nitrogen and oxygen atoms in total. The lowest BCUT2D eigenvalue weighted by molar-refractivity contribution is -0.138. The van der Waals surface area contributed by atoms with Gasteiger partial charge in [-0.15, -0.1) is 12.6 Å². The molecule has 0 unspecified atom stereocenters. The van der Waals surface area contributed by atoms with Crippen LogP contribution in [-0.2, 0) is 11.2 Å². The Kier molecular flexibility index (Phi) is 3.33. The molecule has 0 bridgehead atoms. The van der Waals surface area contributed by atoms with Crippen LogP contribution in [0.2, 0.25) is 0 Å². The van der Waals surface area contributed by atoms with Crippen LogP contribution in [0.25, 0.3) is 0 Å². The molecule has 1 aromatic carbocycles. The van der Waals surface area contributed by atoms with Crippen molar-refractivity contribution >= 4 is 18.6 Å². The minimum Gasteiger partial charge on any atom is -0.480 e. The molecule has 0 aliphatic heterocycles. The number of carboxylic acid groups (broad SMARTS) is 1. The normalized spacial score (nSPS) is 12.5. The van der Waals surface area contributed by atoms with Crippen LogP contribution in [0.15, 0.2) is 29.2 Å². The predicted molar refractivity (Wildman–Crippen MR) is 53.0 cm³/mol. The molecule has 0 aliphatic carbocycles. The third-order valence-electron chi connectivity index (χ3n) is 1.75. The molecular weight excluding hydrogens is 186 g/mol. The van der Waals surface area contributed by atoms with Crippen LogP contribution in [0.4, 0.5) is 0 Å². The SMILES string of the molecule is N[C@H](Cc1ccccc1S)C(=O)O. The minimum absolute atomic E-state index is 0.314. The van der Waals surface area contributed by atoms with Gasteiger partial charge in [-0.1, -0.05) is 18.2 Å². The quantitative estimate of drug-likeness (QED) is 0.632. The van der Waals surface area contributed by atoms with Crippen molar-refractivity contribution in [2.45, 2.75) is 17.4 Å². The van der Waals surface area contributed by atoms with Crippen molar-refractivity contribution in [2.75, 3.05) is 0 Å². The first-order chi connectivity index (χ1) is 6.11. The Morgan fingerprint density at radius 2 is 2.15 bits per heavy atom. The van der Waals surface area contributed by atoms with E-state index in [0.717, 1.165) is 10.5 Å². The highest BCUT2D eigenvalue weighted by Crippen LogP contribution is 2.14. The molecule has 0 aliphatic rings. The Balaban J connectivity index is 2.74. The van der Waals surface area contributed by atoms with Gasteiger partial charge in [0.15, 0.2) is 0 Å². The maximum atomic E-state index is 10.5. The number of nitrogens with two attached hydrogens (primary N) is 1. The van der Waals surface area contributed by atoms with Crippen LogP contribution < -0.4 is 5.73 Å². The summed E-state index contributed by atoms with van der Waals surface area (Å²) in [5.41, 5.74) is 6.25. The van der Waals surface area contributed by atoms with Gasteiger partial charge in [0.1, 0.15) is 6.04 Å². The number of carboxylic acids is 1. The van der Waals surface area contributed by atoms with Crippen LogP contribution in [0.1, 0.15) is 5.56 Å². The summed E-state index contributed by atoms with van der Waals surface area (Å²) >= 11 is 4.19. The molecule has 0 saturated carbocycles. The number of rotatable bonds is 3. The molecule has 1 rings (SSSR count). The van der Waals surface area contributed by atoms with Gasteiger partial charge >= 0.3 is 5.97 Å². The van der Waals surface area contributed by atoms with E-state index in [-0.39, 0.29) is 0 Å². The van der Waals surface area contributed by atoms with Crippen molar-refractivity contribution in [2.24, 2.45) is 5.73 Å². The lowest BCUT2D eigenvalue weighted by Crippen LogP contribution is -2.32. The largest absolute Gasteiger partial charge is 0.480 e. The van der Waals surface area contributed by atoms with Crippen molar-refractivity contribution in [3.63, 3.8) is 0 Å². The summed E-state index contributed by atoms with van der Waals surface area (Å²) in [5.74, 6) is -0.989. The second-order valence-electron chi connectivity index (χ2n) is 2.78. The average Bonchev–Trinajstić information content (AvgIpc) is 2.08. The molecule has 1 atom stereocenters. The number of carbonyl (C=O) groups is 1. The molecule has 0 heterocycles. The summed E-state index contributed by atoms with van der Waals surface area (Å²) in [7, 11) is 0. The molecule has 0 aromatic heterocycles. The van der Waals surface area contributed by atoms with Crippen LogP contribution in [0.3, 0.4) is 0 Å². The van der Waals surface area contributed by atoms with E-state index in [1.165, 1.54) is 0 Å². The van der Waals surface area contributed by atoms with Gasteiger partial charge in [-0.25, -0.2) is 0 Å². The number of hydrogen-bond donors (Lipinski definition) is 3. The minimum atomic E-state index is -0.989. The van der Waals surface area contributed by atoms with Crippen molar-refractivity contribution in [1.29, 1.82) is 0 Å². The summed E-state index contributed by atoms with van der Waals surface area (Å²) in [6, 6.07) is 6.47. The van der Waals surface area contributed by atoms with E-state index < -0.39 is 12.0 Å². The van der Waals surface area contributed by atoms with Gasteiger partial charge in [-0.3, -0.25) is 4.79 Å². The van der Waals surface area contributed by atoms with Gasteiger partial charge in [0, 0.05) is 4.90 Å². The summed E-state index contributed by atoms with van der Waals surface area (Å²) < 4.78 is 0. The van der Waals surface area contributed by atoms with Crippen LogP contribution in [-0.4, -0.2) is 17.1 Å². The number of thiol groups is 1. The van der Waals surface area contributed by atoms with E-state index in [2.05, 4.69) is 12.6 Å². The maximum absolute atomic E-state index is 10.5. The summed E-state index contributed by atoms with van der Waals surface area (Å²) in [6.45, 7) is 0.